The number of hydrogen-bond acceptors (Lipinski definition) is 3. The van der Waals surface area contributed by atoms with E-state index in [1.165, 1.54) is 23.5 Å². The summed E-state index contributed by atoms with van der Waals surface area (Å²) in [6.07, 6.45) is -0.558. The van der Waals surface area contributed by atoms with E-state index in [2.05, 4.69) is 16.0 Å². The van der Waals surface area contributed by atoms with Crippen LogP contribution in [0.5, 0.6) is 0 Å². The fraction of sp³-hybridized carbons (Fsp3) is 0.280. The van der Waals surface area contributed by atoms with Crippen molar-refractivity contribution >= 4 is 34.6 Å². The van der Waals surface area contributed by atoms with E-state index in [0.717, 1.165) is 43.4 Å². The fourth-order valence-electron chi connectivity index (χ4n) is 4.14. The van der Waals surface area contributed by atoms with Crippen molar-refractivity contribution in [2.45, 2.75) is 44.3 Å². The van der Waals surface area contributed by atoms with Gasteiger partial charge in [0.15, 0.2) is 0 Å². The third-order valence-corrected chi connectivity index (χ3v) is 6.62. The number of carbonyl (C=O) groups excluding carboxylic acids is 2. The zero-order chi connectivity index (χ0) is 24.3. The number of amides is 3. The van der Waals surface area contributed by atoms with Crippen LogP contribution in [0.2, 0.25) is 0 Å². The third kappa shape index (κ3) is 5.59. The average Bonchev–Trinajstić information content (AvgIpc) is 3.45. The molecule has 1 heterocycles. The van der Waals surface area contributed by atoms with Crippen LogP contribution in [-0.4, -0.2) is 17.5 Å². The summed E-state index contributed by atoms with van der Waals surface area (Å²) >= 11 is 1.49. The molecule has 1 aliphatic carbocycles. The van der Waals surface area contributed by atoms with Gasteiger partial charge in [0.2, 0.25) is 0 Å². The van der Waals surface area contributed by atoms with Crippen molar-refractivity contribution in [3.8, 4) is 11.1 Å². The molecule has 3 aromatic rings. The lowest BCUT2D eigenvalue weighted by molar-refractivity contribution is -0.137. The van der Waals surface area contributed by atoms with E-state index in [9.17, 15) is 22.8 Å². The zero-order valence-electron chi connectivity index (χ0n) is 18.5. The lowest BCUT2D eigenvalue weighted by Crippen LogP contribution is -2.43. The number of carbonyl (C=O) groups is 2. The Balaban J connectivity index is 1.57. The fourth-order valence-corrected chi connectivity index (χ4v) is 4.80. The summed E-state index contributed by atoms with van der Waals surface area (Å²) in [4.78, 5) is 25.6. The van der Waals surface area contributed by atoms with Crippen LogP contribution in [-0.2, 0) is 6.18 Å². The first-order valence-electron chi connectivity index (χ1n) is 10.9. The second-order valence-electron chi connectivity index (χ2n) is 8.65. The van der Waals surface area contributed by atoms with E-state index in [-0.39, 0.29) is 17.1 Å². The maximum absolute atomic E-state index is 13.0. The van der Waals surface area contributed by atoms with Crippen molar-refractivity contribution in [1.82, 2.24) is 5.32 Å². The molecule has 1 saturated carbocycles. The topological polar surface area (TPSA) is 70.2 Å². The Labute approximate surface area is 199 Å². The Morgan fingerprint density at radius 2 is 1.76 bits per heavy atom. The van der Waals surface area contributed by atoms with Crippen molar-refractivity contribution in [1.29, 1.82) is 0 Å². The van der Waals surface area contributed by atoms with E-state index < -0.39 is 17.8 Å². The van der Waals surface area contributed by atoms with Gasteiger partial charge in [0.05, 0.1) is 11.3 Å². The summed E-state index contributed by atoms with van der Waals surface area (Å²) in [5.41, 5.74) is 1.22. The Hall–Kier alpha value is -3.33. The number of alkyl halides is 3. The van der Waals surface area contributed by atoms with Gasteiger partial charge in [0.25, 0.3) is 5.91 Å². The van der Waals surface area contributed by atoms with Gasteiger partial charge in [-0.05, 0) is 72.5 Å². The van der Waals surface area contributed by atoms with Crippen molar-refractivity contribution < 1.29 is 22.8 Å². The molecule has 178 valence electrons. The lowest BCUT2D eigenvalue weighted by Gasteiger charge is -2.25. The lowest BCUT2D eigenvalue weighted by atomic mass is 9.99. The molecule has 1 fully saturated rings. The molecule has 4 rings (SSSR count). The third-order valence-electron chi connectivity index (χ3n) is 5.93. The largest absolute Gasteiger partial charge is 0.416 e. The van der Waals surface area contributed by atoms with Crippen LogP contribution in [0.1, 0.15) is 48.5 Å². The first-order chi connectivity index (χ1) is 16.1. The van der Waals surface area contributed by atoms with E-state index in [1.807, 2.05) is 23.8 Å². The Morgan fingerprint density at radius 3 is 2.44 bits per heavy atom. The second kappa shape index (κ2) is 9.50. The molecule has 9 heteroatoms. The standard InChI is InChI=1S/C25H24F3N3O2S/c1-24(10-2-3-11-24)31-22(32)16-7-8-20(17-9-12-34-15-17)21(13-16)30-23(33)29-19-6-4-5-18(14-19)25(26,27)28/h4-9,12-15H,2-3,10-11H2,1H3,(H,31,32)(H2,29,30,33). The summed E-state index contributed by atoms with van der Waals surface area (Å²) in [5, 5.41) is 12.0. The highest BCUT2D eigenvalue weighted by Gasteiger charge is 2.31. The molecule has 5 nitrogen and oxygen atoms in total. The second-order valence-corrected chi connectivity index (χ2v) is 9.43. The molecule has 3 N–H and O–H groups in total. The molecule has 0 unspecified atom stereocenters. The number of hydrogen-bond donors (Lipinski definition) is 3. The highest BCUT2D eigenvalue weighted by Crippen LogP contribution is 2.33. The van der Waals surface area contributed by atoms with Gasteiger partial charge in [0.1, 0.15) is 0 Å². The van der Waals surface area contributed by atoms with Crippen LogP contribution in [0.4, 0.5) is 29.3 Å². The number of benzene rings is 2. The van der Waals surface area contributed by atoms with Crippen molar-refractivity contribution in [3.63, 3.8) is 0 Å². The van der Waals surface area contributed by atoms with Crippen LogP contribution >= 0.6 is 11.3 Å². The molecule has 0 bridgehead atoms. The SMILES string of the molecule is CC1(NC(=O)c2ccc(-c3ccsc3)c(NC(=O)Nc3cccc(C(F)(F)F)c3)c2)CCCC1. The molecule has 0 aliphatic heterocycles. The molecule has 0 radical (unpaired) electrons. The number of halogens is 3. The van der Waals surface area contributed by atoms with Gasteiger partial charge in [-0.2, -0.15) is 24.5 Å². The molecular formula is C25H24F3N3O2S. The Kier molecular flexibility index (Phi) is 6.65. The van der Waals surface area contributed by atoms with Crippen molar-refractivity contribution in [2.24, 2.45) is 0 Å². The van der Waals surface area contributed by atoms with E-state index in [0.29, 0.717) is 16.8 Å². The maximum atomic E-state index is 13.0. The normalized spacial score (nSPS) is 15.1. The molecule has 0 spiro atoms. The molecule has 1 aliphatic rings. The van der Waals surface area contributed by atoms with Gasteiger partial charge in [-0.3, -0.25) is 4.79 Å². The van der Waals surface area contributed by atoms with Gasteiger partial charge < -0.3 is 16.0 Å². The molecule has 3 amide bonds. The quantitative estimate of drug-likeness (QED) is 0.358. The number of nitrogens with one attached hydrogen (secondary N) is 3. The number of thiophene rings is 1. The number of anilines is 2. The molecular weight excluding hydrogens is 463 g/mol. The van der Waals surface area contributed by atoms with Crippen LogP contribution in [0, 0.1) is 0 Å². The number of urea groups is 1. The maximum Gasteiger partial charge on any atom is 0.416 e. The van der Waals surface area contributed by atoms with E-state index in [4.69, 9.17) is 0 Å². The minimum absolute atomic E-state index is 0.00691. The number of rotatable bonds is 5. The predicted molar refractivity (Wildman–Crippen MR) is 128 cm³/mol. The van der Waals surface area contributed by atoms with Crippen molar-refractivity contribution in [2.75, 3.05) is 10.6 Å². The van der Waals surface area contributed by atoms with Crippen LogP contribution in [0.15, 0.2) is 59.3 Å². The molecule has 0 saturated heterocycles. The molecule has 1 aromatic heterocycles. The van der Waals surface area contributed by atoms with Crippen LogP contribution in [0.25, 0.3) is 11.1 Å². The van der Waals surface area contributed by atoms with Gasteiger partial charge in [-0.1, -0.05) is 25.0 Å². The van der Waals surface area contributed by atoms with Crippen molar-refractivity contribution in [3.05, 3.63) is 70.4 Å². The zero-order valence-corrected chi connectivity index (χ0v) is 19.3. The molecule has 2 aromatic carbocycles. The van der Waals surface area contributed by atoms with E-state index in [1.54, 1.807) is 18.2 Å². The summed E-state index contributed by atoms with van der Waals surface area (Å²) in [5.74, 6) is -0.234. The van der Waals surface area contributed by atoms with Crippen LogP contribution < -0.4 is 16.0 Å². The monoisotopic (exact) mass is 487 g/mol. The Morgan fingerprint density at radius 1 is 1.00 bits per heavy atom. The first-order valence-corrected chi connectivity index (χ1v) is 11.8. The summed E-state index contributed by atoms with van der Waals surface area (Å²) < 4.78 is 39.0. The first kappa shape index (κ1) is 23.8. The van der Waals surface area contributed by atoms with Gasteiger partial charge in [-0.25, -0.2) is 4.79 Å². The molecule has 34 heavy (non-hydrogen) atoms. The predicted octanol–water partition coefficient (Wildman–Crippen LogP) is 7.14. The highest BCUT2D eigenvalue weighted by atomic mass is 32.1. The summed E-state index contributed by atoms with van der Waals surface area (Å²) in [6.45, 7) is 2.03. The molecule has 0 atom stereocenters. The van der Waals surface area contributed by atoms with Gasteiger partial charge in [-0.15, -0.1) is 0 Å². The smallest absolute Gasteiger partial charge is 0.347 e. The summed E-state index contributed by atoms with van der Waals surface area (Å²) in [7, 11) is 0. The van der Waals surface area contributed by atoms with Gasteiger partial charge >= 0.3 is 12.2 Å². The minimum Gasteiger partial charge on any atom is -0.347 e. The Bertz CT molecular complexity index is 1190. The van der Waals surface area contributed by atoms with Crippen LogP contribution in [0.3, 0.4) is 0 Å². The average molecular weight is 488 g/mol. The minimum atomic E-state index is -4.52. The van der Waals surface area contributed by atoms with Gasteiger partial charge in [0, 0.05) is 22.4 Å². The highest BCUT2D eigenvalue weighted by molar-refractivity contribution is 7.08. The summed E-state index contributed by atoms with van der Waals surface area (Å²) in [6, 6.07) is 10.6. The van der Waals surface area contributed by atoms with E-state index >= 15 is 0 Å².